The molecule has 0 saturated carbocycles. The largest absolute Gasteiger partial charge is 0.341 e. The molecule has 0 aromatic rings. The fraction of sp³-hybridized carbons (Fsp3) is 0.917. The number of nitrogens with two attached hydrogens (primary N) is 1. The quantitative estimate of drug-likeness (QED) is 0.741. The maximum atomic E-state index is 12.4. The molecule has 0 aliphatic carbocycles. The van der Waals surface area contributed by atoms with Crippen LogP contribution < -0.4 is 5.73 Å². The van der Waals surface area contributed by atoms with Gasteiger partial charge in [-0.1, -0.05) is 13.8 Å². The lowest BCUT2D eigenvalue weighted by molar-refractivity contribution is -0.133. The second-order valence-corrected chi connectivity index (χ2v) is 8.13. The summed E-state index contributed by atoms with van der Waals surface area (Å²) >= 11 is 0. The third-order valence-corrected chi connectivity index (χ3v) is 4.98. The Bertz CT molecular complexity index is 375. The van der Waals surface area contributed by atoms with Gasteiger partial charge in [0, 0.05) is 19.3 Å². The molecule has 0 aliphatic rings. The minimum Gasteiger partial charge on any atom is -0.341 e. The summed E-state index contributed by atoms with van der Waals surface area (Å²) in [5.41, 5.74) is 5.45. The molecule has 0 fully saturated rings. The van der Waals surface area contributed by atoms with Crippen molar-refractivity contribution >= 4 is 15.7 Å². The van der Waals surface area contributed by atoms with E-state index in [-0.39, 0.29) is 5.91 Å². The summed E-state index contributed by atoms with van der Waals surface area (Å²) in [6.07, 6.45) is 1.78. The Kier molecular flexibility index (Phi) is 6.29. The van der Waals surface area contributed by atoms with Crippen molar-refractivity contribution in [3.05, 3.63) is 0 Å². The molecule has 0 rings (SSSR count). The zero-order valence-electron chi connectivity index (χ0n) is 12.1. The Morgan fingerprint density at radius 3 is 2.17 bits per heavy atom. The average molecular weight is 278 g/mol. The average Bonchev–Trinajstić information content (AvgIpc) is 2.20. The Labute approximate surface area is 111 Å². The van der Waals surface area contributed by atoms with Gasteiger partial charge in [-0.05, 0) is 32.7 Å². The molecule has 1 amide bonds. The molecule has 0 bridgehead atoms. The Hall–Kier alpha value is -0.620. The fourth-order valence-corrected chi connectivity index (χ4v) is 1.98. The van der Waals surface area contributed by atoms with Gasteiger partial charge >= 0.3 is 0 Å². The van der Waals surface area contributed by atoms with E-state index in [4.69, 9.17) is 5.73 Å². The van der Waals surface area contributed by atoms with Crippen LogP contribution >= 0.6 is 0 Å². The van der Waals surface area contributed by atoms with Crippen LogP contribution in [0.4, 0.5) is 0 Å². The fourth-order valence-electron chi connectivity index (χ4n) is 1.54. The van der Waals surface area contributed by atoms with Crippen molar-refractivity contribution in [3.8, 4) is 0 Å². The number of nitrogens with zero attached hydrogens (tertiary/aromatic N) is 1. The lowest BCUT2D eigenvalue weighted by Gasteiger charge is -2.32. The third kappa shape index (κ3) is 4.57. The summed E-state index contributed by atoms with van der Waals surface area (Å²) in [6, 6.07) is 0. The van der Waals surface area contributed by atoms with E-state index in [0.717, 1.165) is 6.26 Å². The van der Waals surface area contributed by atoms with Crippen LogP contribution in [0.5, 0.6) is 0 Å². The molecule has 0 radical (unpaired) electrons. The molecule has 6 heteroatoms. The molecule has 0 heterocycles. The highest BCUT2D eigenvalue weighted by Gasteiger charge is 2.41. The van der Waals surface area contributed by atoms with Crippen molar-refractivity contribution in [1.29, 1.82) is 0 Å². The van der Waals surface area contributed by atoms with Crippen molar-refractivity contribution in [2.75, 3.05) is 25.9 Å². The number of sulfone groups is 1. The number of amides is 1. The second-order valence-electron chi connectivity index (χ2n) is 5.57. The van der Waals surface area contributed by atoms with Gasteiger partial charge in [-0.3, -0.25) is 4.79 Å². The standard InChI is InChI=1S/C12H26N2O3S/c1-10(2)9-14(8-6-7-13)11(15)12(3,4)18(5,16)17/h10H,6-9,13H2,1-5H3. The smallest absolute Gasteiger partial charge is 0.243 e. The SMILES string of the molecule is CC(C)CN(CCCN)C(=O)C(C)(C)S(C)(=O)=O. The number of carbonyl (C=O) groups is 1. The van der Waals surface area contributed by atoms with Crippen molar-refractivity contribution in [1.82, 2.24) is 4.90 Å². The molecule has 0 atom stereocenters. The van der Waals surface area contributed by atoms with Gasteiger partial charge in [-0.25, -0.2) is 8.42 Å². The number of hydrogen-bond donors (Lipinski definition) is 1. The molecule has 0 aromatic carbocycles. The summed E-state index contributed by atoms with van der Waals surface area (Å²) in [6.45, 7) is 8.46. The van der Waals surface area contributed by atoms with Gasteiger partial charge in [0.1, 0.15) is 4.75 Å². The van der Waals surface area contributed by atoms with Crippen molar-refractivity contribution in [3.63, 3.8) is 0 Å². The molecule has 0 aliphatic heterocycles. The molecular formula is C12H26N2O3S. The highest BCUT2D eigenvalue weighted by molar-refractivity contribution is 7.92. The van der Waals surface area contributed by atoms with Gasteiger partial charge in [0.2, 0.25) is 5.91 Å². The van der Waals surface area contributed by atoms with Crippen LogP contribution in [-0.4, -0.2) is 49.9 Å². The Balaban J connectivity index is 5.06. The normalized spacial score (nSPS) is 12.8. The van der Waals surface area contributed by atoms with E-state index >= 15 is 0 Å². The molecule has 0 aromatic heterocycles. The number of rotatable bonds is 7. The highest BCUT2D eigenvalue weighted by Crippen LogP contribution is 2.19. The summed E-state index contributed by atoms with van der Waals surface area (Å²) in [4.78, 5) is 14.0. The number of carbonyl (C=O) groups excluding carboxylic acids is 1. The van der Waals surface area contributed by atoms with Gasteiger partial charge < -0.3 is 10.6 Å². The zero-order chi connectivity index (χ0) is 14.6. The van der Waals surface area contributed by atoms with Gasteiger partial charge in [-0.2, -0.15) is 0 Å². The molecule has 18 heavy (non-hydrogen) atoms. The predicted molar refractivity (Wildman–Crippen MR) is 74.0 cm³/mol. The third-order valence-electron chi connectivity index (χ3n) is 2.95. The van der Waals surface area contributed by atoms with Gasteiger partial charge in [-0.15, -0.1) is 0 Å². The topological polar surface area (TPSA) is 80.5 Å². The minimum absolute atomic E-state index is 0.294. The highest BCUT2D eigenvalue weighted by atomic mass is 32.2. The van der Waals surface area contributed by atoms with Crippen LogP contribution in [0.3, 0.4) is 0 Å². The maximum Gasteiger partial charge on any atom is 0.243 e. The van der Waals surface area contributed by atoms with Crippen LogP contribution in [0.1, 0.15) is 34.1 Å². The number of hydrogen-bond acceptors (Lipinski definition) is 4. The summed E-state index contributed by atoms with van der Waals surface area (Å²) in [7, 11) is -3.43. The van der Waals surface area contributed by atoms with Crippen LogP contribution in [-0.2, 0) is 14.6 Å². The van der Waals surface area contributed by atoms with Gasteiger partial charge in [0.25, 0.3) is 0 Å². The molecule has 0 saturated heterocycles. The van der Waals surface area contributed by atoms with Crippen molar-refractivity contribution in [2.45, 2.75) is 38.9 Å². The minimum atomic E-state index is -3.43. The lowest BCUT2D eigenvalue weighted by Crippen LogP contribution is -2.51. The van der Waals surface area contributed by atoms with Gasteiger partial charge in [0.15, 0.2) is 9.84 Å². The van der Waals surface area contributed by atoms with E-state index in [1.807, 2.05) is 13.8 Å². The van der Waals surface area contributed by atoms with E-state index in [1.165, 1.54) is 13.8 Å². The summed E-state index contributed by atoms with van der Waals surface area (Å²) < 4.78 is 22.0. The van der Waals surface area contributed by atoms with Crippen LogP contribution in [0.2, 0.25) is 0 Å². The van der Waals surface area contributed by atoms with Crippen LogP contribution in [0.15, 0.2) is 0 Å². The molecule has 5 nitrogen and oxygen atoms in total. The van der Waals surface area contributed by atoms with E-state index in [2.05, 4.69) is 0 Å². The molecule has 2 N–H and O–H groups in total. The first-order chi connectivity index (χ1) is 8.04. The molecule has 108 valence electrons. The molecular weight excluding hydrogens is 252 g/mol. The first-order valence-electron chi connectivity index (χ1n) is 6.23. The van der Waals surface area contributed by atoms with E-state index in [0.29, 0.717) is 32.0 Å². The second kappa shape index (κ2) is 6.52. The Morgan fingerprint density at radius 2 is 1.83 bits per heavy atom. The zero-order valence-corrected chi connectivity index (χ0v) is 12.9. The van der Waals surface area contributed by atoms with Crippen LogP contribution in [0, 0.1) is 5.92 Å². The molecule has 0 spiro atoms. The van der Waals surface area contributed by atoms with E-state index in [9.17, 15) is 13.2 Å². The van der Waals surface area contributed by atoms with Crippen LogP contribution in [0.25, 0.3) is 0 Å². The van der Waals surface area contributed by atoms with E-state index < -0.39 is 14.6 Å². The first-order valence-corrected chi connectivity index (χ1v) is 8.12. The first kappa shape index (κ1) is 17.4. The van der Waals surface area contributed by atoms with Crippen molar-refractivity contribution < 1.29 is 13.2 Å². The lowest BCUT2D eigenvalue weighted by atomic mass is 10.1. The van der Waals surface area contributed by atoms with Gasteiger partial charge in [0.05, 0.1) is 0 Å². The van der Waals surface area contributed by atoms with E-state index in [1.54, 1.807) is 4.90 Å². The maximum absolute atomic E-state index is 12.4. The van der Waals surface area contributed by atoms with Crippen molar-refractivity contribution in [2.24, 2.45) is 11.7 Å². The predicted octanol–water partition coefficient (Wildman–Crippen LogP) is 0.643. The monoisotopic (exact) mass is 278 g/mol. The molecule has 0 unspecified atom stereocenters. The summed E-state index contributed by atoms with van der Waals surface area (Å²) in [5, 5.41) is 0. The summed E-state index contributed by atoms with van der Waals surface area (Å²) in [5.74, 6) is -0.0470. The Morgan fingerprint density at radius 1 is 1.33 bits per heavy atom.